The second-order valence-electron chi connectivity index (χ2n) is 4.67. The first-order valence-electron chi connectivity index (χ1n) is 5.48. The minimum absolute atomic E-state index is 0.311. The number of aromatic nitrogens is 1. The van der Waals surface area contributed by atoms with Crippen molar-refractivity contribution < 1.29 is 19.1 Å². The highest BCUT2D eigenvalue weighted by Crippen LogP contribution is 2.25. The van der Waals surface area contributed by atoms with Crippen molar-refractivity contribution in [3.63, 3.8) is 0 Å². The molecule has 5 heteroatoms. The number of Topliss-reactive ketones (excluding diaryl/α,β-unsaturated/α-hetero) is 1. The Morgan fingerprint density at radius 1 is 1.33 bits per heavy atom. The van der Waals surface area contributed by atoms with E-state index >= 15 is 0 Å². The lowest BCUT2D eigenvalue weighted by molar-refractivity contribution is -0.144. The van der Waals surface area contributed by atoms with Crippen LogP contribution in [0.1, 0.15) is 30.1 Å². The summed E-state index contributed by atoms with van der Waals surface area (Å²) in [4.78, 5) is 27.3. The van der Waals surface area contributed by atoms with E-state index in [9.17, 15) is 9.59 Å². The maximum Gasteiger partial charge on any atom is 0.316 e. The smallest absolute Gasteiger partial charge is 0.316 e. The molecule has 0 aliphatic rings. The molecule has 0 aliphatic carbocycles. The van der Waals surface area contributed by atoms with Crippen molar-refractivity contribution in [3.8, 4) is 0 Å². The number of carbonyl (C=O) groups is 2. The monoisotopic (exact) mass is 247 g/mol. The van der Waals surface area contributed by atoms with Gasteiger partial charge >= 0.3 is 5.97 Å². The Morgan fingerprint density at radius 3 is 2.61 bits per heavy atom. The van der Waals surface area contributed by atoms with Crippen molar-refractivity contribution >= 4 is 22.9 Å². The Morgan fingerprint density at radius 2 is 2.00 bits per heavy atom. The number of carboxylic acid groups (broad SMARTS) is 1. The van der Waals surface area contributed by atoms with E-state index in [-0.39, 0.29) is 0 Å². The molecule has 0 radical (unpaired) electrons. The van der Waals surface area contributed by atoms with Gasteiger partial charge in [0, 0.05) is 12.5 Å². The summed E-state index contributed by atoms with van der Waals surface area (Å²) in [6.45, 7) is 4.48. The van der Waals surface area contributed by atoms with Crippen LogP contribution in [-0.4, -0.2) is 21.8 Å². The van der Waals surface area contributed by atoms with E-state index in [4.69, 9.17) is 9.52 Å². The van der Waals surface area contributed by atoms with Crippen molar-refractivity contribution in [1.82, 2.24) is 4.98 Å². The molecule has 0 spiro atoms. The van der Waals surface area contributed by atoms with Crippen LogP contribution in [0.5, 0.6) is 0 Å². The summed E-state index contributed by atoms with van der Waals surface area (Å²) >= 11 is 0. The molecule has 0 unspecified atom stereocenters. The van der Waals surface area contributed by atoms with E-state index in [0.717, 1.165) is 0 Å². The number of aryl methyl sites for hydroxylation is 1. The number of ketones is 1. The summed E-state index contributed by atoms with van der Waals surface area (Å²) < 4.78 is 5.32. The van der Waals surface area contributed by atoms with Gasteiger partial charge < -0.3 is 9.52 Å². The van der Waals surface area contributed by atoms with E-state index in [1.54, 1.807) is 19.1 Å². The third kappa shape index (κ3) is 1.88. The van der Waals surface area contributed by atoms with Crippen molar-refractivity contribution in [2.75, 3.05) is 0 Å². The Bertz CT molecular complexity index is 639. The van der Waals surface area contributed by atoms with Crippen molar-refractivity contribution in [2.45, 2.75) is 20.8 Å². The number of nitrogens with zero attached hydrogens (tertiary/aromatic N) is 1. The number of hydrogen-bond donors (Lipinski definition) is 1. The highest BCUT2D eigenvalue weighted by atomic mass is 16.4. The Kier molecular flexibility index (Phi) is 2.69. The predicted molar refractivity (Wildman–Crippen MR) is 64.5 cm³/mol. The molecule has 1 aromatic heterocycles. The largest absolute Gasteiger partial charge is 0.481 e. The zero-order chi connectivity index (χ0) is 13.5. The van der Waals surface area contributed by atoms with Crippen molar-refractivity contribution in [3.05, 3.63) is 29.7 Å². The fourth-order valence-corrected chi connectivity index (χ4v) is 1.64. The molecule has 5 nitrogen and oxygen atoms in total. The van der Waals surface area contributed by atoms with Crippen molar-refractivity contribution in [2.24, 2.45) is 5.41 Å². The normalized spacial score (nSPS) is 11.7. The Labute approximate surface area is 103 Å². The van der Waals surface area contributed by atoms with Gasteiger partial charge in [0.1, 0.15) is 10.9 Å². The molecule has 18 heavy (non-hydrogen) atoms. The van der Waals surface area contributed by atoms with Gasteiger partial charge in [0.25, 0.3) is 0 Å². The molecule has 0 atom stereocenters. The second kappa shape index (κ2) is 3.94. The lowest BCUT2D eigenvalue weighted by atomic mass is 9.84. The molecule has 0 saturated heterocycles. The number of oxazole rings is 1. The highest BCUT2D eigenvalue weighted by Gasteiger charge is 2.36. The first-order valence-corrected chi connectivity index (χ1v) is 5.48. The lowest BCUT2D eigenvalue weighted by Gasteiger charge is -2.17. The lowest BCUT2D eigenvalue weighted by Crippen LogP contribution is -2.33. The van der Waals surface area contributed by atoms with Crippen LogP contribution in [0, 0.1) is 12.3 Å². The van der Waals surface area contributed by atoms with Crippen LogP contribution in [0.15, 0.2) is 22.6 Å². The minimum Gasteiger partial charge on any atom is -0.481 e. The number of hydrogen-bond acceptors (Lipinski definition) is 4. The molecule has 2 aromatic rings. The van der Waals surface area contributed by atoms with Gasteiger partial charge in [-0.15, -0.1) is 0 Å². The van der Waals surface area contributed by atoms with Gasteiger partial charge in [-0.2, -0.15) is 0 Å². The Hall–Kier alpha value is -2.17. The average Bonchev–Trinajstić information content (AvgIpc) is 2.66. The number of aliphatic carboxylic acids is 1. The molecule has 0 saturated carbocycles. The Balaban J connectivity index is 2.48. The van der Waals surface area contributed by atoms with E-state index in [2.05, 4.69) is 4.98 Å². The molecule has 0 aliphatic heterocycles. The molecule has 1 heterocycles. The van der Waals surface area contributed by atoms with E-state index in [1.807, 2.05) is 0 Å². The first-order chi connectivity index (χ1) is 8.32. The summed E-state index contributed by atoms with van der Waals surface area (Å²) in [6.07, 6.45) is 0. The SMILES string of the molecule is Cc1nc2ccc(C(=O)C(C)(C)C(=O)O)cc2o1. The number of carbonyl (C=O) groups excluding carboxylic acids is 1. The predicted octanol–water partition coefficient (Wildman–Crippen LogP) is 2.43. The maximum atomic E-state index is 12.1. The van der Waals surface area contributed by atoms with Crippen LogP contribution in [0.3, 0.4) is 0 Å². The van der Waals surface area contributed by atoms with Crippen LogP contribution >= 0.6 is 0 Å². The number of carboxylic acids is 1. The van der Waals surface area contributed by atoms with Crippen LogP contribution in [-0.2, 0) is 4.79 Å². The molecular formula is C13H13NO4. The molecule has 0 bridgehead atoms. The van der Waals surface area contributed by atoms with Gasteiger partial charge in [0.2, 0.25) is 0 Å². The van der Waals surface area contributed by atoms with Gasteiger partial charge in [-0.1, -0.05) is 0 Å². The fraction of sp³-hybridized carbons (Fsp3) is 0.308. The van der Waals surface area contributed by atoms with Gasteiger partial charge in [-0.3, -0.25) is 9.59 Å². The van der Waals surface area contributed by atoms with E-state index < -0.39 is 17.2 Å². The topological polar surface area (TPSA) is 80.4 Å². The summed E-state index contributed by atoms with van der Waals surface area (Å²) in [6, 6.07) is 4.75. The fourth-order valence-electron chi connectivity index (χ4n) is 1.64. The maximum absolute atomic E-state index is 12.1. The van der Waals surface area contributed by atoms with Gasteiger partial charge in [-0.25, -0.2) is 4.98 Å². The molecule has 1 aromatic carbocycles. The molecule has 0 fully saturated rings. The van der Waals surface area contributed by atoms with E-state index in [1.165, 1.54) is 19.9 Å². The van der Waals surface area contributed by atoms with Gasteiger partial charge in [0.05, 0.1) is 0 Å². The summed E-state index contributed by atoms with van der Waals surface area (Å²) in [7, 11) is 0. The molecule has 94 valence electrons. The number of rotatable bonds is 3. The summed E-state index contributed by atoms with van der Waals surface area (Å²) in [5.74, 6) is -1.10. The second-order valence-corrected chi connectivity index (χ2v) is 4.67. The van der Waals surface area contributed by atoms with E-state index in [0.29, 0.717) is 22.6 Å². The molecule has 1 N–H and O–H groups in total. The van der Waals surface area contributed by atoms with Gasteiger partial charge in [0.15, 0.2) is 17.3 Å². The molecule has 2 rings (SSSR count). The third-order valence-corrected chi connectivity index (χ3v) is 2.86. The zero-order valence-corrected chi connectivity index (χ0v) is 10.4. The zero-order valence-electron chi connectivity index (χ0n) is 10.4. The van der Waals surface area contributed by atoms with Crippen LogP contribution in [0.4, 0.5) is 0 Å². The molecule has 0 amide bonds. The van der Waals surface area contributed by atoms with Gasteiger partial charge in [-0.05, 0) is 32.0 Å². The first kappa shape index (κ1) is 12.3. The number of fused-ring (bicyclic) bond motifs is 1. The number of benzene rings is 1. The minimum atomic E-state index is -1.46. The average molecular weight is 247 g/mol. The summed E-state index contributed by atoms with van der Waals surface area (Å²) in [5, 5.41) is 9.03. The van der Waals surface area contributed by atoms with Crippen LogP contribution in [0.25, 0.3) is 11.1 Å². The highest BCUT2D eigenvalue weighted by molar-refractivity contribution is 6.12. The van der Waals surface area contributed by atoms with Crippen molar-refractivity contribution in [1.29, 1.82) is 0 Å². The standard InChI is InChI=1S/C13H13NO4/c1-7-14-9-5-4-8(6-10(9)18-7)11(15)13(2,3)12(16)17/h4-6H,1-3H3,(H,16,17). The summed E-state index contributed by atoms with van der Waals surface area (Å²) in [5.41, 5.74) is -0.00860. The van der Waals surface area contributed by atoms with Crippen LogP contribution in [0.2, 0.25) is 0 Å². The molecular weight excluding hydrogens is 234 g/mol. The van der Waals surface area contributed by atoms with Crippen LogP contribution < -0.4 is 0 Å². The quantitative estimate of drug-likeness (QED) is 0.665. The third-order valence-electron chi connectivity index (χ3n) is 2.86.